The van der Waals surface area contributed by atoms with Crippen molar-refractivity contribution in [2.45, 2.75) is 13.0 Å². The van der Waals surface area contributed by atoms with Crippen molar-refractivity contribution in [2.75, 3.05) is 5.32 Å². The van der Waals surface area contributed by atoms with Crippen molar-refractivity contribution >= 4 is 11.7 Å². The summed E-state index contributed by atoms with van der Waals surface area (Å²) in [6.07, 6.45) is 1.55. The topological polar surface area (TPSA) is 81.2 Å². The zero-order valence-corrected chi connectivity index (χ0v) is 10.4. The second kappa shape index (κ2) is 5.85. The molecule has 0 saturated carbocycles. The lowest BCUT2D eigenvalue weighted by molar-refractivity contribution is -0.117. The van der Waals surface area contributed by atoms with Gasteiger partial charge in [-0.3, -0.25) is 4.79 Å². The van der Waals surface area contributed by atoms with Crippen molar-refractivity contribution in [3.05, 3.63) is 48.0 Å². The average molecular weight is 255 g/mol. The second-order valence-electron chi connectivity index (χ2n) is 3.91. The highest BCUT2D eigenvalue weighted by molar-refractivity contribution is 5.93. The molecule has 96 valence electrons. The van der Waals surface area contributed by atoms with Gasteiger partial charge < -0.3 is 15.5 Å². The average Bonchev–Trinajstić information content (AvgIpc) is 2.90. The highest BCUT2D eigenvalue weighted by Crippen LogP contribution is 2.05. The Hall–Kier alpha value is -2.58. The van der Waals surface area contributed by atoms with Gasteiger partial charge in [-0.15, -0.1) is 0 Å². The molecule has 0 aliphatic carbocycles. The number of pyridine rings is 1. The molecule has 19 heavy (non-hydrogen) atoms. The van der Waals surface area contributed by atoms with Gasteiger partial charge in [0.15, 0.2) is 5.76 Å². The summed E-state index contributed by atoms with van der Waals surface area (Å²) in [6.45, 7) is 1.61. The molecule has 2 aromatic heterocycles. The summed E-state index contributed by atoms with van der Waals surface area (Å²) >= 11 is 0. The molecule has 0 bridgehead atoms. The Morgan fingerprint density at radius 3 is 2.89 bits per heavy atom. The van der Waals surface area contributed by atoms with Crippen LogP contribution in [0, 0.1) is 11.8 Å². The minimum absolute atomic E-state index is 0.288. The molecule has 2 rings (SSSR count). The molecule has 5 heteroatoms. The van der Waals surface area contributed by atoms with Crippen LogP contribution in [0.3, 0.4) is 0 Å². The maximum atomic E-state index is 11.4. The number of carbonyl (C=O) groups is 1. The van der Waals surface area contributed by atoms with Crippen molar-refractivity contribution in [3.63, 3.8) is 0 Å². The summed E-state index contributed by atoms with van der Waals surface area (Å²) in [5.41, 5.74) is 6.01. The van der Waals surface area contributed by atoms with E-state index in [4.69, 9.17) is 10.2 Å². The molecule has 2 heterocycles. The third-order valence-corrected chi connectivity index (χ3v) is 2.25. The molecule has 0 radical (unpaired) electrons. The Labute approximate surface area is 110 Å². The molecule has 0 aromatic carbocycles. The van der Waals surface area contributed by atoms with Crippen molar-refractivity contribution in [3.8, 4) is 11.8 Å². The first-order valence-electron chi connectivity index (χ1n) is 5.74. The molecule has 0 spiro atoms. The summed E-state index contributed by atoms with van der Waals surface area (Å²) in [5, 5.41) is 2.61. The Morgan fingerprint density at radius 1 is 1.37 bits per heavy atom. The number of hydrogen-bond donors (Lipinski definition) is 2. The number of hydrogen-bond acceptors (Lipinski definition) is 4. The first-order valence-corrected chi connectivity index (χ1v) is 5.74. The molecule has 0 aliphatic heterocycles. The minimum atomic E-state index is -0.584. The Balaban J connectivity index is 2.13. The van der Waals surface area contributed by atoms with Gasteiger partial charge in [-0.1, -0.05) is 6.07 Å². The predicted octanol–water partition coefficient (Wildman–Crippen LogP) is 1.36. The SMILES string of the molecule is CC(N)C(=O)Nc1cccc(C#Cc2ccco2)n1. The highest BCUT2D eigenvalue weighted by atomic mass is 16.3. The van der Waals surface area contributed by atoms with E-state index < -0.39 is 6.04 Å². The van der Waals surface area contributed by atoms with Gasteiger partial charge in [-0.25, -0.2) is 4.98 Å². The molecule has 2 aromatic rings. The maximum Gasteiger partial charge on any atom is 0.242 e. The van der Waals surface area contributed by atoms with E-state index in [-0.39, 0.29) is 5.91 Å². The quantitative estimate of drug-likeness (QED) is 0.794. The molecule has 0 saturated heterocycles. The van der Waals surface area contributed by atoms with Crippen LogP contribution in [0.25, 0.3) is 0 Å². The van der Waals surface area contributed by atoms with E-state index in [1.807, 2.05) is 0 Å². The van der Waals surface area contributed by atoms with Gasteiger partial charge >= 0.3 is 0 Å². The van der Waals surface area contributed by atoms with E-state index in [0.717, 1.165) is 0 Å². The number of nitrogens with one attached hydrogen (secondary N) is 1. The van der Waals surface area contributed by atoms with Gasteiger partial charge in [0.25, 0.3) is 0 Å². The molecular formula is C14H13N3O2. The van der Waals surface area contributed by atoms with Crippen LogP contribution in [0.15, 0.2) is 41.0 Å². The monoisotopic (exact) mass is 255 g/mol. The fourth-order valence-corrected chi connectivity index (χ4v) is 1.29. The number of furan rings is 1. The van der Waals surface area contributed by atoms with Crippen LogP contribution in [0.4, 0.5) is 5.82 Å². The normalized spacial score (nSPS) is 11.3. The number of amides is 1. The fourth-order valence-electron chi connectivity index (χ4n) is 1.29. The molecule has 3 N–H and O–H groups in total. The van der Waals surface area contributed by atoms with Crippen LogP contribution in [0.2, 0.25) is 0 Å². The van der Waals surface area contributed by atoms with Crippen molar-refractivity contribution in [1.29, 1.82) is 0 Å². The lowest BCUT2D eigenvalue weighted by atomic mass is 10.3. The molecule has 1 amide bonds. The van der Waals surface area contributed by atoms with Crippen molar-refractivity contribution in [2.24, 2.45) is 5.73 Å². The van der Waals surface area contributed by atoms with Gasteiger partial charge in [-0.05, 0) is 43.0 Å². The lowest BCUT2D eigenvalue weighted by Crippen LogP contribution is -2.32. The van der Waals surface area contributed by atoms with Crippen LogP contribution in [0.5, 0.6) is 0 Å². The van der Waals surface area contributed by atoms with E-state index in [1.165, 1.54) is 0 Å². The number of nitrogens with zero attached hydrogens (tertiary/aromatic N) is 1. The molecule has 1 unspecified atom stereocenters. The molecular weight excluding hydrogens is 242 g/mol. The number of anilines is 1. The second-order valence-corrected chi connectivity index (χ2v) is 3.91. The van der Waals surface area contributed by atoms with E-state index >= 15 is 0 Å². The van der Waals surface area contributed by atoms with Crippen molar-refractivity contribution < 1.29 is 9.21 Å². The number of carbonyl (C=O) groups excluding carboxylic acids is 1. The zero-order valence-electron chi connectivity index (χ0n) is 10.4. The first-order chi connectivity index (χ1) is 9.15. The third kappa shape index (κ3) is 3.69. The lowest BCUT2D eigenvalue weighted by Gasteiger charge is -2.06. The van der Waals surface area contributed by atoms with Crippen LogP contribution in [0.1, 0.15) is 18.4 Å². The van der Waals surface area contributed by atoms with Gasteiger partial charge in [0.1, 0.15) is 11.5 Å². The Bertz CT molecular complexity index is 622. The van der Waals surface area contributed by atoms with E-state index in [9.17, 15) is 4.79 Å². The Morgan fingerprint density at radius 2 is 2.21 bits per heavy atom. The summed E-state index contributed by atoms with van der Waals surface area (Å²) < 4.78 is 5.09. The van der Waals surface area contributed by atoms with Gasteiger partial charge in [-0.2, -0.15) is 0 Å². The molecule has 0 aliphatic rings. The van der Waals surface area contributed by atoms with Crippen molar-refractivity contribution in [1.82, 2.24) is 4.98 Å². The molecule has 5 nitrogen and oxygen atoms in total. The number of nitrogens with two attached hydrogens (primary N) is 1. The summed E-state index contributed by atoms with van der Waals surface area (Å²) in [6, 6.07) is 8.12. The predicted molar refractivity (Wildman–Crippen MR) is 71.2 cm³/mol. The van der Waals surface area contributed by atoms with Crippen LogP contribution >= 0.6 is 0 Å². The van der Waals surface area contributed by atoms with Gasteiger partial charge in [0, 0.05) is 0 Å². The number of aromatic nitrogens is 1. The summed E-state index contributed by atoms with van der Waals surface area (Å²) in [5.74, 6) is 6.38. The van der Waals surface area contributed by atoms with E-state index in [1.54, 1.807) is 43.5 Å². The third-order valence-electron chi connectivity index (χ3n) is 2.25. The Kier molecular flexibility index (Phi) is 3.96. The van der Waals surface area contributed by atoms with Crippen LogP contribution < -0.4 is 11.1 Å². The smallest absolute Gasteiger partial charge is 0.242 e. The molecule has 0 fully saturated rings. The van der Waals surface area contributed by atoms with E-state index in [0.29, 0.717) is 17.3 Å². The van der Waals surface area contributed by atoms with E-state index in [2.05, 4.69) is 22.1 Å². The summed E-state index contributed by atoms with van der Waals surface area (Å²) in [7, 11) is 0. The van der Waals surface area contributed by atoms with Gasteiger partial charge in [0.2, 0.25) is 5.91 Å². The highest BCUT2D eigenvalue weighted by Gasteiger charge is 2.07. The number of rotatable bonds is 2. The summed E-state index contributed by atoms with van der Waals surface area (Å²) in [4.78, 5) is 15.6. The van der Waals surface area contributed by atoms with Gasteiger partial charge in [0.05, 0.1) is 12.3 Å². The maximum absolute atomic E-state index is 11.4. The van der Waals surface area contributed by atoms with Crippen LogP contribution in [-0.4, -0.2) is 16.9 Å². The van der Waals surface area contributed by atoms with Crippen LogP contribution in [-0.2, 0) is 4.79 Å². The first kappa shape index (κ1) is 12.9. The molecule has 1 atom stereocenters. The fraction of sp³-hybridized carbons (Fsp3) is 0.143. The standard InChI is InChI=1S/C14H13N3O2/c1-10(15)14(18)17-13-6-2-4-11(16-13)7-8-12-5-3-9-19-12/h2-6,9-10H,15H2,1H3,(H,16,17,18). The zero-order chi connectivity index (χ0) is 13.7. The largest absolute Gasteiger partial charge is 0.456 e. The minimum Gasteiger partial charge on any atom is -0.456 e.